The van der Waals surface area contributed by atoms with Gasteiger partial charge in [-0.05, 0) is 42.8 Å². The van der Waals surface area contributed by atoms with Gasteiger partial charge >= 0.3 is 0 Å². The molecule has 0 atom stereocenters. The van der Waals surface area contributed by atoms with Crippen LogP contribution in [-0.2, 0) is 22.8 Å². The van der Waals surface area contributed by atoms with Crippen molar-refractivity contribution in [3.63, 3.8) is 0 Å². The summed E-state index contributed by atoms with van der Waals surface area (Å²) in [6, 6.07) is 8.30. The number of nitrogens with one attached hydrogen (secondary N) is 1. The Morgan fingerprint density at radius 2 is 1.96 bits per heavy atom. The van der Waals surface area contributed by atoms with Crippen LogP contribution >= 0.6 is 12.4 Å². The fourth-order valence-electron chi connectivity index (χ4n) is 3.17. The highest BCUT2D eigenvalue weighted by atomic mass is 35.5. The van der Waals surface area contributed by atoms with Gasteiger partial charge < -0.3 is 9.73 Å². The highest BCUT2D eigenvalue weighted by molar-refractivity contribution is 7.91. The predicted octanol–water partition coefficient (Wildman–Crippen LogP) is 3.78. The molecule has 2 aromatic carbocycles. The van der Waals surface area contributed by atoms with Crippen molar-refractivity contribution in [3.05, 3.63) is 59.1 Å². The zero-order valence-electron chi connectivity index (χ0n) is 13.5. The molecule has 3 aromatic rings. The van der Waals surface area contributed by atoms with Gasteiger partial charge in [0.05, 0.1) is 9.79 Å². The van der Waals surface area contributed by atoms with Crippen molar-refractivity contribution in [3.8, 4) is 0 Å². The van der Waals surface area contributed by atoms with Crippen LogP contribution in [0.4, 0.5) is 4.39 Å². The van der Waals surface area contributed by atoms with E-state index >= 15 is 0 Å². The Bertz CT molecular complexity index is 1060. The van der Waals surface area contributed by atoms with Crippen molar-refractivity contribution >= 4 is 33.2 Å². The van der Waals surface area contributed by atoms with Crippen molar-refractivity contribution in [1.82, 2.24) is 5.32 Å². The highest BCUT2D eigenvalue weighted by Crippen LogP contribution is 2.34. The molecule has 0 unspecified atom stereocenters. The van der Waals surface area contributed by atoms with E-state index in [4.69, 9.17) is 4.42 Å². The Morgan fingerprint density at radius 1 is 1.16 bits per heavy atom. The number of furan rings is 1. The maximum atomic E-state index is 13.4. The average molecular weight is 382 g/mol. The van der Waals surface area contributed by atoms with Gasteiger partial charge in [0.1, 0.15) is 17.2 Å². The van der Waals surface area contributed by atoms with Gasteiger partial charge in [-0.15, -0.1) is 12.4 Å². The van der Waals surface area contributed by atoms with E-state index in [9.17, 15) is 12.8 Å². The number of fused-ring (bicyclic) bond motifs is 3. The minimum atomic E-state index is -3.78. The van der Waals surface area contributed by atoms with E-state index in [0.717, 1.165) is 46.9 Å². The summed E-state index contributed by atoms with van der Waals surface area (Å²) in [5.74, 6) is 0.339. The number of hydrogen-bond acceptors (Lipinski definition) is 4. The van der Waals surface area contributed by atoms with Crippen LogP contribution in [0.5, 0.6) is 0 Å². The molecule has 4 nitrogen and oxygen atoms in total. The van der Waals surface area contributed by atoms with Crippen molar-refractivity contribution in [2.75, 3.05) is 6.54 Å². The number of halogens is 2. The summed E-state index contributed by atoms with van der Waals surface area (Å²) in [6.45, 7) is 3.33. The van der Waals surface area contributed by atoms with Crippen LogP contribution in [0, 0.1) is 12.7 Å². The molecule has 0 amide bonds. The molecule has 0 saturated carbocycles. The van der Waals surface area contributed by atoms with E-state index < -0.39 is 15.7 Å². The van der Waals surface area contributed by atoms with Crippen LogP contribution in [0.1, 0.15) is 16.9 Å². The van der Waals surface area contributed by atoms with Crippen molar-refractivity contribution in [2.24, 2.45) is 0 Å². The standard InChI is InChI=1S/C18H16FNO3S.ClH/c1-11-7-14(24(21,22)13-4-2-3-12(19)8-13)9-15-16-10-20-6-5-17(16)23-18(11)15;/h2-4,7-9,20H,5-6,10H2,1H3;1H. The number of rotatable bonds is 2. The molecule has 0 saturated heterocycles. The van der Waals surface area contributed by atoms with Crippen molar-refractivity contribution in [1.29, 1.82) is 0 Å². The zero-order chi connectivity index (χ0) is 16.9. The molecule has 132 valence electrons. The molecule has 0 spiro atoms. The van der Waals surface area contributed by atoms with Gasteiger partial charge in [0.25, 0.3) is 0 Å². The summed E-state index contributed by atoms with van der Waals surface area (Å²) in [5.41, 5.74) is 2.49. The third-order valence-corrected chi connectivity index (χ3v) is 6.11. The van der Waals surface area contributed by atoms with E-state index in [0.29, 0.717) is 6.54 Å². The molecular formula is C18H17ClFNO3S. The second-order valence-corrected chi connectivity index (χ2v) is 7.96. The maximum absolute atomic E-state index is 13.4. The van der Waals surface area contributed by atoms with Gasteiger partial charge in [0.15, 0.2) is 0 Å². The molecule has 0 aliphatic carbocycles. The second kappa shape index (κ2) is 6.44. The quantitative estimate of drug-likeness (QED) is 0.733. The number of aryl methyl sites for hydroxylation is 1. The molecule has 1 aliphatic heterocycles. The molecule has 25 heavy (non-hydrogen) atoms. The van der Waals surface area contributed by atoms with Gasteiger partial charge in [0, 0.05) is 30.5 Å². The largest absolute Gasteiger partial charge is 0.460 e. The molecule has 1 aromatic heterocycles. The van der Waals surface area contributed by atoms with Crippen LogP contribution in [0.2, 0.25) is 0 Å². The Kier molecular flexibility index (Phi) is 4.62. The summed E-state index contributed by atoms with van der Waals surface area (Å²) in [4.78, 5) is 0.115. The zero-order valence-corrected chi connectivity index (χ0v) is 15.1. The molecule has 0 fully saturated rings. The number of sulfone groups is 1. The van der Waals surface area contributed by atoms with E-state index in [2.05, 4.69) is 5.32 Å². The first kappa shape index (κ1) is 17.9. The van der Waals surface area contributed by atoms with E-state index in [-0.39, 0.29) is 22.2 Å². The molecule has 2 heterocycles. The lowest BCUT2D eigenvalue weighted by Gasteiger charge is -2.11. The van der Waals surface area contributed by atoms with E-state index in [1.54, 1.807) is 12.1 Å². The fourth-order valence-corrected chi connectivity index (χ4v) is 4.57. The number of benzene rings is 2. The van der Waals surface area contributed by atoms with Crippen LogP contribution in [-0.4, -0.2) is 15.0 Å². The molecule has 1 aliphatic rings. The van der Waals surface area contributed by atoms with Crippen molar-refractivity contribution < 1.29 is 17.2 Å². The van der Waals surface area contributed by atoms with Crippen LogP contribution in [0.3, 0.4) is 0 Å². The van der Waals surface area contributed by atoms with Gasteiger partial charge in [-0.1, -0.05) is 6.07 Å². The first-order valence-corrected chi connectivity index (χ1v) is 9.21. The summed E-state index contributed by atoms with van der Waals surface area (Å²) in [5, 5.41) is 4.09. The predicted molar refractivity (Wildman–Crippen MR) is 95.5 cm³/mol. The third-order valence-electron chi connectivity index (χ3n) is 4.38. The van der Waals surface area contributed by atoms with Gasteiger partial charge in [-0.2, -0.15) is 0 Å². The molecule has 1 N–H and O–H groups in total. The normalized spacial score (nSPS) is 14.2. The monoisotopic (exact) mass is 381 g/mol. The number of hydrogen-bond donors (Lipinski definition) is 1. The molecule has 7 heteroatoms. The molecular weight excluding hydrogens is 365 g/mol. The van der Waals surface area contributed by atoms with Crippen LogP contribution in [0.25, 0.3) is 11.0 Å². The minimum Gasteiger partial charge on any atom is -0.460 e. The lowest BCUT2D eigenvalue weighted by atomic mass is 10.0. The Balaban J connectivity index is 0.00000182. The van der Waals surface area contributed by atoms with E-state index in [1.807, 2.05) is 6.92 Å². The molecule has 0 radical (unpaired) electrons. The van der Waals surface area contributed by atoms with Crippen LogP contribution in [0.15, 0.2) is 50.6 Å². The van der Waals surface area contributed by atoms with Crippen LogP contribution < -0.4 is 5.32 Å². The van der Waals surface area contributed by atoms with Gasteiger partial charge in [-0.25, -0.2) is 12.8 Å². The highest BCUT2D eigenvalue weighted by Gasteiger charge is 2.24. The Morgan fingerprint density at radius 3 is 2.72 bits per heavy atom. The van der Waals surface area contributed by atoms with Gasteiger partial charge in [0.2, 0.25) is 9.84 Å². The van der Waals surface area contributed by atoms with Gasteiger partial charge in [-0.3, -0.25) is 0 Å². The Labute approximate surface area is 151 Å². The second-order valence-electron chi connectivity index (χ2n) is 6.01. The Hall–Kier alpha value is -1.89. The summed E-state index contributed by atoms with van der Waals surface area (Å²) >= 11 is 0. The topological polar surface area (TPSA) is 59.3 Å². The summed E-state index contributed by atoms with van der Waals surface area (Å²) in [6.07, 6.45) is 0.787. The summed E-state index contributed by atoms with van der Waals surface area (Å²) in [7, 11) is -3.78. The average Bonchev–Trinajstić information content (AvgIpc) is 2.94. The molecule has 0 bridgehead atoms. The van der Waals surface area contributed by atoms with E-state index in [1.165, 1.54) is 18.2 Å². The third kappa shape index (κ3) is 2.94. The maximum Gasteiger partial charge on any atom is 0.206 e. The fraction of sp³-hybridized carbons (Fsp3) is 0.222. The SMILES string of the molecule is Cc1cc(S(=O)(=O)c2cccc(F)c2)cc2c3c(oc12)CCNC3.Cl. The molecule has 4 rings (SSSR count). The first-order valence-electron chi connectivity index (χ1n) is 7.73. The first-order chi connectivity index (χ1) is 11.5. The lowest BCUT2D eigenvalue weighted by molar-refractivity contribution is 0.499. The summed E-state index contributed by atoms with van der Waals surface area (Å²) < 4.78 is 45.1. The smallest absolute Gasteiger partial charge is 0.206 e. The lowest BCUT2D eigenvalue weighted by Crippen LogP contribution is -2.22. The minimum absolute atomic E-state index is 0. The van der Waals surface area contributed by atoms with Crippen molar-refractivity contribution in [2.45, 2.75) is 29.7 Å².